The average molecular weight is 259 g/mol. The molecule has 93 valence electrons. The Labute approximate surface area is 104 Å². The molecule has 0 N–H and O–H groups in total. The molecule has 2 rings (SSSR count). The first-order chi connectivity index (χ1) is 8.04. The standard InChI is InChI=1S/C13H14F3S/c14-13(15,16)17-12-8-6-11(7-9-12)10-4-2-1-3-5-10/h6-9H,1-5H2. The van der Waals surface area contributed by atoms with Crippen LogP contribution in [-0.2, 0) is 0 Å². The molecule has 17 heavy (non-hydrogen) atoms. The lowest BCUT2D eigenvalue weighted by Gasteiger charge is -2.21. The van der Waals surface area contributed by atoms with Crippen LogP contribution in [0, 0.1) is 5.92 Å². The van der Waals surface area contributed by atoms with E-state index < -0.39 is 5.51 Å². The van der Waals surface area contributed by atoms with E-state index in [1.807, 2.05) is 12.1 Å². The monoisotopic (exact) mass is 259 g/mol. The van der Waals surface area contributed by atoms with Gasteiger partial charge in [0.25, 0.3) is 0 Å². The second-order valence-corrected chi connectivity index (χ2v) is 5.37. The molecular weight excluding hydrogens is 245 g/mol. The van der Waals surface area contributed by atoms with E-state index in [2.05, 4.69) is 0 Å². The number of rotatable bonds is 2. The van der Waals surface area contributed by atoms with E-state index in [1.165, 1.54) is 25.2 Å². The molecule has 0 atom stereocenters. The highest BCUT2D eigenvalue weighted by molar-refractivity contribution is 8.00. The zero-order valence-electron chi connectivity index (χ0n) is 9.39. The minimum atomic E-state index is -4.19. The van der Waals surface area contributed by atoms with Gasteiger partial charge in [0.2, 0.25) is 0 Å². The lowest BCUT2D eigenvalue weighted by atomic mass is 9.84. The molecule has 1 radical (unpaired) electrons. The van der Waals surface area contributed by atoms with Gasteiger partial charge in [-0.05, 0) is 42.3 Å². The van der Waals surface area contributed by atoms with Crippen LogP contribution in [0.1, 0.15) is 37.7 Å². The first-order valence-corrected chi connectivity index (χ1v) is 6.57. The Kier molecular flexibility index (Phi) is 4.02. The molecule has 0 aliphatic heterocycles. The third-order valence-corrected chi connectivity index (χ3v) is 3.69. The first kappa shape index (κ1) is 12.8. The van der Waals surface area contributed by atoms with Gasteiger partial charge in [-0.1, -0.05) is 31.4 Å². The van der Waals surface area contributed by atoms with Gasteiger partial charge in [-0.25, -0.2) is 0 Å². The molecule has 1 aliphatic carbocycles. The fourth-order valence-electron chi connectivity index (χ4n) is 2.16. The van der Waals surface area contributed by atoms with Crippen LogP contribution in [0.4, 0.5) is 13.2 Å². The van der Waals surface area contributed by atoms with Gasteiger partial charge >= 0.3 is 5.51 Å². The lowest BCUT2D eigenvalue weighted by Crippen LogP contribution is -2.05. The third kappa shape index (κ3) is 3.95. The molecule has 0 aromatic heterocycles. The van der Waals surface area contributed by atoms with Crippen molar-refractivity contribution < 1.29 is 13.2 Å². The topological polar surface area (TPSA) is 0 Å². The van der Waals surface area contributed by atoms with Crippen molar-refractivity contribution in [1.82, 2.24) is 0 Å². The highest BCUT2D eigenvalue weighted by Crippen LogP contribution is 2.38. The summed E-state index contributed by atoms with van der Waals surface area (Å²) in [5.41, 5.74) is -3.09. The number of benzene rings is 1. The van der Waals surface area contributed by atoms with Crippen molar-refractivity contribution in [2.45, 2.75) is 42.5 Å². The van der Waals surface area contributed by atoms with Crippen LogP contribution in [0.5, 0.6) is 0 Å². The Hall–Kier alpha value is -0.640. The highest BCUT2D eigenvalue weighted by atomic mass is 32.2. The van der Waals surface area contributed by atoms with E-state index in [4.69, 9.17) is 0 Å². The Morgan fingerprint density at radius 3 is 2.00 bits per heavy atom. The molecule has 0 nitrogen and oxygen atoms in total. The summed E-state index contributed by atoms with van der Waals surface area (Å²) in [5, 5.41) is 0. The van der Waals surface area contributed by atoms with Gasteiger partial charge in [0.15, 0.2) is 0 Å². The van der Waals surface area contributed by atoms with Crippen LogP contribution < -0.4 is 0 Å². The number of thioether (sulfide) groups is 1. The first-order valence-electron chi connectivity index (χ1n) is 5.75. The SMILES string of the molecule is FC(F)(F)Sc1ccc([C]2CCCCC2)cc1. The van der Waals surface area contributed by atoms with Crippen LogP contribution in [0.25, 0.3) is 0 Å². The van der Waals surface area contributed by atoms with Gasteiger partial charge in [0, 0.05) is 10.8 Å². The summed E-state index contributed by atoms with van der Waals surface area (Å²) in [6.07, 6.45) is 5.85. The third-order valence-electron chi connectivity index (χ3n) is 2.95. The zero-order chi connectivity index (χ0) is 12.3. The number of alkyl halides is 3. The summed E-state index contributed by atoms with van der Waals surface area (Å²) in [7, 11) is 0. The Morgan fingerprint density at radius 1 is 0.882 bits per heavy atom. The van der Waals surface area contributed by atoms with Gasteiger partial charge in [0.1, 0.15) is 0 Å². The van der Waals surface area contributed by atoms with Crippen LogP contribution in [-0.4, -0.2) is 5.51 Å². The summed E-state index contributed by atoms with van der Waals surface area (Å²) in [5.74, 6) is 1.39. The maximum absolute atomic E-state index is 12.2. The van der Waals surface area contributed by atoms with Crippen molar-refractivity contribution in [3.63, 3.8) is 0 Å². The molecule has 0 saturated heterocycles. The van der Waals surface area contributed by atoms with Crippen molar-refractivity contribution in [3.05, 3.63) is 35.7 Å². The maximum Gasteiger partial charge on any atom is 0.446 e. The molecule has 0 heterocycles. The fourth-order valence-corrected chi connectivity index (χ4v) is 2.70. The Morgan fingerprint density at radius 2 is 1.47 bits per heavy atom. The zero-order valence-corrected chi connectivity index (χ0v) is 10.2. The van der Waals surface area contributed by atoms with E-state index in [1.54, 1.807) is 12.1 Å². The van der Waals surface area contributed by atoms with Gasteiger partial charge in [-0.15, -0.1) is 0 Å². The van der Waals surface area contributed by atoms with Crippen molar-refractivity contribution in [2.75, 3.05) is 0 Å². The Balaban J connectivity index is 2.02. The van der Waals surface area contributed by atoms with E-state index in [9.17, 15) is 13.2 Å². The highest BCUT2D eigenvalue weighted by Gasteiger charge is 2.29. The molecule has 0 bridgehead atoms. The fraction of sp³-hybridized carbons (Fsp3) is 0.462. The normalized spacial score (nSPS) is 18.3. The molecule has 1 aromatic rings. The second-order valence-electron chi connectivity index (χ2n) is 4.24. The molecule has 1 saturated carbocycles. The van der Waals surface area contributed by atoms with E-state index >= 15 is 0 Å². The Bertz CT molecular complexity index is 350. The second kappa shape index (κ2) is 5.34. The summed E-state index contributed by atoms with van der Waals surface area (Å²) < 4.78 is 36.5. The number of hydrogen-bond donors (Lipinski definition) is 0. The minimum absolute atomic E-state index is 0.0532. The smallest absolute Gasteiger partial charge is 0.160 e. The van der Waals surface area contributed by atoms with Crippen molar-refractivity contribution in [1.29, 1.82) is 0 Å². The molecule has 4 heteroatoms. The van der Waals surface area contributed by atoms with E-state index in [0.29, 0.717) is 0 Å². The van der Waals surface area contributed by atoms with Crippen LogP contribution in [0.3, 0.4) is 0 Å². The molecule has 0 spiro atoms. The summed E-state index contributed by atoms with van der Waals surface area (Å²) in [6.45, 7) is 0. The molecule has 0 amide bonds. The minimum Gasteiger partial charge on any atom is -0.160 e. The van der Waals surface area contributed by atoms with Gasteiger partial charge in [-0.3, -0.25) is 0 Å². The molecule has 1 fully saturated rings. The molecular formula is C13H14F3S. The van der Waals surface area contributed by atoms with Crippen LogP contribution >= 0.6 is 11.8 Å². The van der Waals surface area contributed by atoms with Crippen LogP contribution in [0.15, 0.2) is 29.2 Å². The van der Waals surface area contributed by atoms with Gasteiger partial charge < -0.3 is 0 Å². The molecule has 0 unspecified atom stereocenters. The predicted molar refractivity (Wildman–Crippen MR) is 63.8 cm³/mol. The summed E-state index contributed by atoms with van der Waals surface area (Å²) >= 11 is -0.0532. The number of hydrogen-bond acceptors (Lipinski definition) is 1. The summed E-state index contributed by atoms with van der Waals surface area (Å²) in [6, 6.07) is 6.76. The number of halogens is 3. The predicted octanol–water partition coefficient (Wildman–Crippen LogP) is 5.19. The van der Waals surface area contributed by atoms with Crippen LogP contribution in [0.2, 0.25) is 0 Å². The quantitative estimate of drug-likeness (QED) is 0.659. The van der Waals surface area contributed by atoms with E-state index in [0.717, 1.165) is 18.4 Å². The molecule has 1 aromatic carbocycles. The lowest BCUT2D eigenvalue weighted by molar-refractivity contribution is -0.0328. The largest absolute Gasteiger partial charge is 0.446 e. The van der Waals surface area contributed by atoms with E-state index in [-0.39, 0.29) is 16.7 Å². The van der Waals surface area contributed by atoms with Gasteiger partial charge in [-0.2, -0.15) is 13.2 Å². The maximum atomic E-state index is 12.2. The summed E-state index contributed by atoms with van der Waals surface area (Å²) in [4.78, 5) is 0.262. The van der Waals surface area contributed by atoms with Crippen molar-refractivity contribution in [2.24, 2.45) is 0 Å². The van der Waals surface area contributed by atoms with Crippen molar-refractivity contribution in [3.8, 4) is 0 Å². The average Bonchev–Trinajstić information content (AvgIpc) is 2.29. The molecule has 1 aliphatic rings. The van der Waals surface area contributed by atoms with Crippen molar-refractivity contribution >= 4 is 11.8 Å². The van der Waals surface area contributed by atoms with Gasteiger partial charge in [0.05, 0.1) is 0 Å².